The number of hydrogen-bond acceptors (Lipinski definition) is 5. The molecule has 2 unspecified atom stereocenters. The monoisotopic (exact) mass is 265 g/mol. The molecule has 5 heteroatoms. The van der Waals surface area contributed by atoms with E-state index < -0.39 is 12.2 Å². The van der Waals surface area contributed by atoms with Crippen LogP contribution < -0.4 is 10.2 Å². The van der Waals surface area contributed by atoms with E-state index in [4.69, 9.17) is 0 Å². The van der Waals surface area contributed by atoms with Crippen LogP contribution in [0.15, 0.2) is 12.3 Å². The summed E-state index contributed by atoms with van der Waals surface area (Å²) in [6, 6.07) is 2.55. The molecule has 106 valence electrons. The van der Waals surface area contributed by atoms with E-state index in [-0.39, 0.29) is 0 Å². The summed E-state index contributed by atoms with van der Waals surface area (Å²) in [5.74, 6) is 0.851. The van der Waals surface area contributed by atoms with Crippen molar-refractivity contribution in [2.75, 3.05) is 18.0 Å². The maximum Gasteiger partial charge on any atom is 0.131 e. The number of hydrogen-bond donors (Lipinski definition) is 3. The lowest BCUT2D eigenvalue weighted by atomic mass is 10.2. The summed E-state index contributed by atoms with van der Waals surface area (Å²) >= 11 is 0. The molecule has 0 saturated carbocycles. The van der Waals surface area contributed by atoms with Gasteiger partial charge in [0, 0.05) is 31.9 Å². The fourth-order valence-electron chi connectivity index (χ4n) is 2.32. The Labute approximate surface area is 114 Å². The van der Waals surface area contributed by atoms with Gasteiger partial charge in [0.25, 0.3) is 0 Å². The van der Waals surface area contributed by atoms with Crippen LogP contribution in [0.3, 0.4) is 0 Å². The minimum absolute atomic E-state index is 0.443. The molecular weight excluding hydrogens is 242 g/mol. The second kappa shape index (κ2) is 5.86. The molecule has 1 aromatic rings. The van der Waals surface area contributed by atoms with Crippen molar-refractivity contribution < 1.29 is 10.2 Å². The van der Waals surface area contributed by atoms with Crippen LogP contribution >= 0.6 is 0 Å². The van der Waals surface area contributed by atoms with Crippen molar-refractivity contribution in [1.29, 1.82) is 0 Å². The fourth-order valence-corrected chi connectivity index (χ4v) is 2.32. The predicted octanol–water partition coefficient (Wildman–Crippen LogP) is 0.430. The molecule has 3 N–H and O–H groups in total. The first-order valence-electron chi connectivity index (χ1n) is 6.77. The van der Waals surface area contributed by atoms with Gasteiger partial charge in [0.1, 0.15) is 5.82 Å². The Morgan fingerprint density at radius 2 is 2.00 bits per heavy atom. The SMILES string of the molecule is Cc1cc(CNC(C)C)cnc1N1CC(O)C(O)C1. The van der Waals surface area contributed by atoms with Gasteiger partial charge in [-0.05, 0) is 24.1 Å². The van der Waals surface area contributed by atoms with Crippen LogP contribution in [0.2, 0.25) is 0 Å². The fraction of sp³-hybridized carbons (Fsp3) is 0.643. The zero-order valence-corrected chi connectivity index (χ0v) is 11.8. The topological polar surface area (TPSA) is 68.6 Å². The largest absolute Gasteiger partial charge is 0.389 e. The highest BCUT2D eigenvalue weighted by Gasteiger charge is 2.30. The second-order valence-electron chi connectivity index (χ2n) is 5.56. The van der Waals surface area contributed by atoms with Crippen molar-refractivity contribution in [2.45, 2.75) is 45.6 Å². The molecule has 1 aromatic heterocycles. The summed E-state index contributed by atoms with van der Waals surface area (Å²) < 4.78 is 0. The quantitative estimate of drug-likeness (QED) is 0.736. The van der Waals surface area contributed by atoms with Gasteiger partial charge in [-0.15, -0.1) is 0 Å². The zero-order valence-electron chi connectivity index (χ0n) is 11.8. The Hall–Kier alpha value is -1.17. The van der Waals surface area contributed by atoms with E-state index in [1.54, 1.807) is 0 Å². The Balaban J connectivity index is 2.07. The smallest absolute Gasteiger partial charge is 0.131 e. The second-order valence-corrected chi connectivity index (χ2v) is 5.56. The molecular formula is C14H23N3O2. The number of aromatic nitrogens is 1. The molecule has 2 rings (SSSR count). The molecule has 0 spiro atoms. The van der Waals surface area contributed by atoms with Crippen LogP contribution in [0, 0.1) is 6.92 Å². The van der Waals surface area contributed by atoms with Crippen molar-refractivity contribution in [3.05, 3.63) is 23.4 Å². The zero-order chi connectivity index (χ0) is 14.0. The Bertz CT molecular complexity index is 427. The molecule has 0 aromatic carbocycles. The lowest BCUT2D eigenvalue weighted by Gasteiger charge is -2.19. The van der Waals surface area contributed by atoms with Crippen molar-refractivity contribution in [1.82, 2.24) is 10.3 Å². The molecule has 19 heavy (non-hydrogen) atoms. The highest BCUT2D eigenvalue weighted by Crippen LogP contribution is 2.22. The minimum atomic E-state index is -0.677. The molecule has 0 amide bonds. The predicted molar refractivity (Wildman–Crippen MR) is 75.2 cm³/mol. The van der Waals surface area contributed by atoms with Gasteiger partial charge in [0.05, 0.1) is 12.2 Å². The van der Waals surface area contributed by atoms with E-state index in [2.05, 4.69) is 30.2 Å². The van der Waals surface area contributed by atoms with E-state index >= 15 is 0 Å². The van der Waals surface area contributed by atoms with Crippen LogP contribution in [-0.4, -0.2) is 46.5 Å². The first-order chi connectivity index (χ1) is 8.97. The van der Waals surface area contributed by atoms with E-state index in [0.717, 1.165) is 23.5 Å². The van der Waals surface area contributed by atoms with Gasteiger partial charge in [-0.25, -0.2) is 4.98 Å². The van der Waals surface area contributed by atoms with Gasteiger partial charge in [-0.3, -0.25) is 0 Å². The Morgan fingerprint density at radius 1 is 1.37 bits per heavy atom. The molecule has 2 heterocycles. The van der Waals surface area contributed by atoms with Gasteiger partial charge in [-0.2, -0.15) is 0 Å². The highest BCUT2D eigenvalue weighted by atomic mass is 16.3. The number of β-amino-alcohol motifs (C(OH)–C–C–N with tert-alkyl or cyclic N) is 2. The normalized spacial score (nSPS) is 23.4. The number of rotatable bonds is 4. The maximum atomic E-state index is 9.59. The summed E-state index contributed by atoms with van der Waals surface area (Å²) in [7, 11) is 0. The Kier molecular flexibility index (Phi) is 4.39. The van der Waals surface area contributed by atoms with Crippen molar-refractivity contribution in [3.63, 3.8) is 0 Å². The van der Waals surface area contributed by atoms with Gasteiger partial charge in [0.15, 0.2) is 0 Å². The summed E-state index contributed by atoms with van der Waals surface area (Å²) in [6.45, 7) is 7.93. The van der Waals surface area contributed by atoms with Crippen molar-refractivity contribution in [3.8, 4) is 0 Å². The number of aryl methyl sites for hydroxylation is 1. The number of nitrogens with one attached hydrogen (secondary N) is 1. The van der Waals surface area contributed by atoms with Crippen LogP contribution in [0.5, 0.6) is 0 Å². The van der Waals surface area contributed by atoms with Crippen molar-refractivity contribution >= 4 is 5.82 Å². The van der Waals surface area contributed by atoms with E-state index in [9.17, 15) is 10.2 Å². The molecule has 0 radical (unpaired) electrons. The molecule has 0 aliphatic carbocycles. The molecule has 1 fully saturated rings. The molecule has 5 nitrogen and oxygen atoms in total. The summed E-state index contributed by atoms with van der Waals surface area (Å²) in [4.78, 5) is 6.41. The molecule has 0 bridgehead atoms. The molecule has 1 aliphatic heterocycles. The summed E-state index contributed by atoms with van der Waals surface area (Å²) in [5.41, 5.74) is 2.22. The standard InChI is InChI=1S/C14H23N3O2/c1-9(2)15-5-11-4-10(3)14(16-6-11)17-7-12(18)13(19)8-17/h4,6,9,12-13,15,18-19H,5,7-8H2,1-3H3. The van der Waals surface area contributed by atoms with E-state index in [0.29, 0.717) is 19.1 Å². The van der Waals surface area contributed by atoms with E-state index in [1.165, 1.54) is 0 Å². The number of aliphatic hydroxyl groups is 2. The highest BCUT2D eigenvalue weighted by molar-refractivity contribution is 5.48. The number of aliphatic hydroxyl groups excluding tert-OH is 2. The molecule has 2 atom stereocenters. The minimum Gasteiger partial charge on any atom is -0.389 e. The Morgan fingerprint density at radius 3 is 2.53 bits per heavy atom. The first kappa shape index (κ1) is 14.2. The third-order valence-electron chi connectivity index (χ3n) is 3.38. The van der Waals surface area contributed by atoms with Gasteiger partial charge in [-0.1, -0.05) is 13.8 Å². The van der Waals surface area contributed by atoms with Gasteiger partial charge < -0.3 is 20.4 Å². The summed E-state index contributed by atoms with van der Waals surface area (Å²) in [5, 5.41) is 22.5. The third kappa shape index (κ3) is 3.43. The molecule has 1 aliphatic rings. The lowest BCUT2D eigenvalue weighted by Crippen LogP contribution is -2.24. The van der Waals surface area contributed by atoms with E-state index in [1.807, 2.05) is 18.0 Å². The maximum absolute atomic E-state index is 9.59. The lowest BCUT2D eigenvalue weighted by molar-refractivity contribution is 0.0572. The van der Waals surface area contributed by atoms with Crippen LogP contribution in [-0.2, 0) is 6.54 Å². The number of pyridine rings is 1. The number of nitrogens with zero attached hydrogens (tertiary/aromatic N) is 2. The van der Waals surface area contributed by atoms with Gasteiger partial charge in [0.2, 0.25) is 0 Å². The average Bonchev–Trinajstić information content (AvgIpc) is 2.67. The third-order valence-corrected chi connectivity index (χ3v) is 3.38. The van der Waals surface area contributed by atoms with Crippen LogP contribution in [0.1, 0.15) is 25.0 Å². The van der Waals surface area contributed by atoms with Crippen LogP contribution in [0.25, 0.3) is 0 Å². The van der Waals surface area contributed by atoms with Crippen molar-refractivity contribution in [2.24, 2.45) is 0 Å². The average molecular weight is 265 g/mol. The van der Waals surface area contributed by atoms with Crippen LogP contribution in [0.4, 0.5) is 5.82 Å². The van der Waals surface area contributed by atoms with Gasteiger partial charge >= 0.3 is 0 Å². The molecule has 1 saturated heterocycles. The first-order valence-corrected chi connectivity index (χ1v) is 6.77. The summed E-state index contributed by atoms with van der Waals surface area (Å²) in [6.07, 6.45) is 0.501. The number of anilines is 1.